The zero-order valence-electron chi connectivity index (χ0n) is 16.0. The molecule has 0 spiro atoms. The van der Waals surface area contributed by atoms with Crippen LogP contribution >= 0.6 is 11.3 Å². The fourth-order valence-electron chi connectivity index (χ4n) is 3.66. The van der Waals surface area contributed by atoms with Crippen molar-refractivity contribution < 1.29 is 23.9 Å². The molecule has 2 aromatic rings. The summed E-state index contributed by atoms with van der Waals surface area (Å²) >= 11 is 1.33. The summed E-state index contributed by atoms with van der Waals surface area (Å²) in [6, 6.07) is 2.83. The van der Waals surface area contributed by atoms with Crippen molar-refractivity contribution in [3.8, 4) is 0 Å². The number of thiophene rings is 1. The van der Waals surface area contributed by atoms with E-state index in [9.17, 15) is 19.2 Å². The molecule has 0 unspecified atom stereocenters. The Morgan fingerprint density at radius 3 is 2.64 bits per heavy atom. The molecule has 1 N–H and O–H groups in total. The highest BCUT2D eigenvalue weighted by molar-refractivity contribution is 7.12. The van der Waals surface area contributed by atoms with Gasteiger partial charge in [-0.3, -0.25) is 14.4 Å². The highest BCUT2D eigenvalue weighted by Gasteiger charge is 2.36. The van der Waals surface area contributed by atoms with Gasteiger partial charge in [-0.25, -0.2) is 4.79 Å². The Bertz CT molecular complexity index is 929. The number of likely N-dealkylation sites (tertiary alicyclic amines) is 1. The number of ketones is 2. The molecule has 0 radical (unpaired) electrons. The van der Waals surface area contributed by atoms with Crippen molar-refractivity contribution in [1.82, 2.24) is 9.88 Å². The van der Waals surface area contributed by atoms with E-state index in [0.717, 1.165) is 0 Å². The highest BCUT2D eigenvalue weighted by atomic mass is 32.1. The summed E-state index contributed by atoms with van der Waals surface area (Å²) in [5, 5.41) is 1.81. The third-order valence-corrected chi connectivity index (χ3v) is 5.79. The number of aromatic amines is 1. The standard InChI is InChI=1S/C20H22N2O5S/c1-11-17(13(3)23)12(2)21-18(11)15(24)10-27-20(26)14-6-4-8-22(14)19(25)16-7-5-9-28-16/h5,7,9,14,21H,4,6,8,10H2,1-3H3/t14-/m0/s1. The largest absolute Gasteiger partial charge is 0.456 e. The molecule has 148 valence electrons. The van der Waals surface area contributed by atoms with Gasteiger partial charge in [0.15, 0.2) is 12.4 Å². The van der Waals surface area contributed by atoms with Gasteiger partial charge in [0.1, 0.15) is 6.04 Å². The highest BCUT2D eigenvalue weighted by Crippen LogP contribution is 2.23. The molecule has 7 nitrogen and oxygen atoms in total. The van der Waals surface area contributed by atoms with Crippen LogP contribution in [0.3, 0.4) is 0 Å². The number of nitrogens with one attached hydrogen (secondary N) is 1. The number of ether oxygens (including phenoxy) is 1. The molecule has 0 aliphatic carbocycles. The minimum atomic E-state index is -0.679. The van der Waals surface area contributed by atoms with Crippen LogP contribution in [0.1, 0.15) is 61.5 Å². The van der Waals surface area contributed by atoms with E-state index in [2.05, 4.69) is 4.98 Å². The first-order valence-corrected chi connectivity index (χ1v) is 9.93. The third kappa shape index (κ3) is 3.77. The topological polar surface area (TPSA) is 96.5 Å². The van der Waals surface area contributed by atoms with Crippen LogP contribution in [0.5, 0.6) is 0 Å². The number of H-pyrrole nitrogens is 1. The number of carbonyl (C=O) groups excluding carboxylic acids is 4. The molecule has 0 aromatic carbocycles. The molecule has 3 heterocycles. The van der Waals surface area contributed by atoms with Crippen LogP contribution in [0.15, 0.2) is 17.5 Å². The first-order valence-electron chi connectivity index (χ1n) is 9.05. The summed E-state index contributed by atoms with van der Waals surface area (Å²) < 4.78 is 5.22. The van der Waals surface area contributed by atoms with E-state index in [1.54, 1.807) is 26.0 Å². The number of aromatic nitrogens is 1. The lowest BCUT2D eigenvalue weighted by Crippen LogP contribution is -2.41. The van der Waals surface area contributed by atoms with Gasteiger partial charge in [0, 0.05) is 17.8 Å². The van der Waals surface area contributed by atoms with Crippen molar-refractivity contribution in [2.75, 3.05) is 13.2 Å². The summed E-state index contributed by atoms with van der Waals surface area (Å²) in [7, 11) is 0. The summed E-state index contributed by atoms with van der Waals surface area (Å²) in [6.07, 6.45) is 1.22. The Morgan fingerprint density at radius 1 is 1.29 bits per heavy atom. The molecule has 1 fully saturated rings. The Hall–Kier alpha value is -2.74. The van der Waals surface area contributed by atoms with Crippen LogP contribution in [0, 0.1) is 13.8 Å². The van der Waals surface area contributed by atoms with Crippen LogP contribution in [0.4, 0.5) is 0 Å². The second-order valence-electron chi connectivity index (χ2n) is 6.85. The Labute approximate surface area is 166 Å². The van der Waals surface area contributed by atoms with Crippen LogP contribution in [0.2, 0.25) is 0 Å². The monoisotopic (exact) mass is 402 g/mol. The van der Waals surface area contributed by atoms with Crippen molar-refractivity contribution in [1.29, 1.82) is 0 Å². The fourth-order valence-corrected chi connectivity index (χ4v) is 4.34. The van der Waals surface area contributed by atoms with Crippen molar-refractivity contribution >= 4 is 34.8 Å². The van der Waals surface area contributed by atoms with Gasteiger partial charge in [0.2, 0.25) is 5.78 Å². The number of hydrogen-bond acceptors (Lipinski definition) is 6. The zero-order chi connectivity index (χ0) is 20.4. The predicted octanol–water partition coefficient (Wildman–Crippen LogP) is 2.93. The van der Waals surface area contributed by atoms with Gasteiger partial charge in [-0.15, -0.1) is 11.3 Å². The average Bonchev–Trinajstić information content (AvgIpc) is 3.38. The maximum absolute atomic E-state index is 12.6. The normalized spacial score (nSPS) is 16.2. The van der Waals surface area contributed by atoms with Crippen LogP contribution in [0.25, 0.3) is 0 Å². The molecule has 28 heavy (non-hydrogen) atoms. The van der Waals surface area contributed by atoms with E-state index in [4.69, 9.17) is 4.74 Å². The van der Waals surface area contributed by atoms with E-state index in [1.807, 2.05) is 5.38 Å². The first kappa shape index (κ1) is 20.0. The van der Waals surface area contributed by atoms with Crippen LogP contribution in [-0.4, -0.2) is 52.5 Å². The Kier molecular flexibility index (Phi) is 5.79. The maximum Gasteiger partial charge on any atom is 0.329 e. The molecule has 3 rings (SSSR count). The number of amides is 1. The molecule has 1 saturated heterocycles. The third-order valence-electron chi connectivity index (χ3n) is 4.93. The van der Waals surface area contributed by atoms with Crippen LogP contribution in [-0.2, 0) is 9.53 Å². The number of rotatable bonds is 6. The number of carbonyl (C=O) groups is 4. The van der Waals surface area contributed by atoms with Crippen molar-refractivity contribution in [3.05, 3.63) is 44.9 Å². The SMILES string of the molecule is CC(=O)c1c(C)[nH]c(C(=O)COC(=O)[C@@H]2CCCN2C(=O)c2cccs2)c1C. The van der Waals surface area contributed by atoms with Gasteiger partial charge in [-0.05, 0) is 50.6 Å². The van der Waals surface area contributed by atoms with Gasteiger partial charge in [-0.1, -0.05) is 6.07 Å². The number of esters is 1. The predicted molar refractivity (Wildman–Crippen MR) is 104 cm³/mol. The fraction of sp³-hybridized carbons (Fsp3) is 0.400. The smallest absolute Gasteiger partial charge is 0.329 e. The molecule has 0 bridgehead atoms. The maximum atomic E-state index is 12.6. The van der Waals surface area contributed by atoms with E-state index >= 15 is 0 Å². The number of aryl methyl sites for hydroxylation is 1. The van der Waals surface area contributed by atoms with Crippen molar-refractivity contribution in [2.24, 2.45) is 0 Å². The molecular weight excluding hydrogens is 380 g/mol. The molecule has 1 aliphatic heterocycles. The van der Waals surface area contributed by atoms with Crippen molar-refractivity contribution in [2.45, 2.75) is 39.7 Å². The van der Waals surface area contributed by atoms with Gasteiger partial charge >= 0.3 is 5.97 Å². The van der Waals surface area contributed by atoms with E-state index in [1.165, 1.54) is 23.2 Å². The first-order chi connectivity index (χ1) is 13.3. The quantitative estimate of drug-likeness (QED) is 0.592. The number of Topliss-reactive ketones (excluding diaryl/α,β-unsaturated/α-hetero) is 2. The van der Waals surface area contributed by atoms with E-state index in [0.29, 0.717) is 41.1 Å². The Balaban J connectivity index is 1.65. The molecule has 1 amide bonds. The molecule has 1 aliphatic rings. The van der Waals surface area contributed by atoms with E-state index in [-0.39, 0.29) is 17.4 Å². The lowest BCUT2D eigenvalue weighted by atomic mass is 10.1. The summed E-state index contributed by atoms with van der Waals surface area (Å²) in [4.78, 5) is 54.2. The molecular formula is C20H22N2O5S. The van der Waals surface area contributed by atoms with E-state index < -0.39 is 24.4 Å². The lowest BCUT2D eigenvalue weighted by Gasteiger charge is -2.22. The summed E-state index contributed by atoms with van der Waals surface area (Å²) in [5.74, 6) is -1.31. The average molecular weight is 402 g/mol. The molecule has 8 heteroatoms. The molecule has 1 atom stereocenters. The lowest BCUT2D eigenvalue weighted by molar-refractivity contribution is -0.147. The van der Waals surface area contributed by atoms with Gasteiger partial charge < -0.3 is 14.6 Å². The minimum Gasteiger partial charge on any atom is -0.456 e. The zero-order valence-corrected chi connectivity index (χ0v) is 16.9. The second-order valence-corrected chi connectivity index (χ2v) is 7.79. The second kappa shape index (κ2) is 8.10. The minimum absolute atomic E-state index is 0.129. The van der Waals surface area contributed by atoms with Crippen LogP contribution < -0.4 is 0 Å². The number of hydrogen-bond donors (Lipinski definition) is 1. The Morgan fingerprint density at radius 2 is 2.04 bits per heavy atom. The van der Waals surface area contributed by atoms with Gasteiger partial charge in [0.25, 0.3) is 5.91 Å². The van der Waals surface area contributed by atoms with Gasteiger partial charge in [0.05, 0.1) is 10.6 Å². The summed E-state index contributed by atoms with van der Waals surface area (Å²) in [5.41, 5.74) is 1.93. The summed E-state index contributed by atoms with van der Waals surface area (Å²) in [6.45, 7) is 4.90. The molecule has 0 saturated carbocycles. The molecule has 2 aromatic heterocycles. The van der Waals surface area contributed by atoms with Gasteiger partial charge in [-0.2, -0.15) is 0 Å². The van der Waals surface area contributed by atoms with Crippen molar-refractivity contribution in [3.63, 3.8) is 0 Å². The number of nitrogens with zero attached hydrogens (tertiary/aromatic N) is 1.